The summed E-state index contributed by atoms with van der Waals surface area (Å²) in [7, 11) is 2.08. The van der Waals surface area contributed by atoms with Crippen LogP contribution in [-0.2, 0) is 4.79 Å². The fourth-order valence-electron chi connectivity index (χ4n) is 3.28. The third-order valence-electron chi connectivity index (χ3n) is 5.06. The molecule has 0 radical (unpaired) electrons. The van der Waals surface area contributed by atoms with E-state index in [9.17, 15) is 14.9 Å². The molecule has 1 amide bonds. The first-order valence-electron chi connectivity index (χ1n) is 9.44. The summed E-state index contributed by atoms with van der Waals surface area (Å²) in [5, 5.41) is 14.7. The highest BCUT2D eigenvalue weighted by molar-refractivity contribution is 8.00. The average molecular weight is 425 g/mol. The number of nitro benzene ring substituents is 1. The van der Waals surface area contributed by atoms with Crippen LogP contribution in [0, 0.1) is 10.1 Å². The van der Waals surface area contributed by atoms with Gasteiger partial charge in [0, 0.05) is 35.3 Å². The Morgan fingerprint density at radius 1 is 1.27 bits per heavy atom. The third-order valence-corrected chi connectivity index (χ3v) is 6.07. The van der Waals surface area contributed by atoms with Gasteiger partial charge in [0.1, 0.15) is 0 Å². The van der Waals surface area contributed by atoms with E-state index in [1.165, 1.54) is 35.2 Å². The van der Waals surface area contributed by atoms with E-state index in [0.29, 0.717) is 0 Å². The van der Waals surface area contributed by atoms with Crippen LogP contribution in [0.15, 0.2) is 58.5 Å². The number of hydrogen-bond acceptors (Lipinski definition) is 6. The Morgan fingerprint density at radius 2 is 1.97 bits per heavy atom. The van der Waals surface area contributed by atoms with Gasteiger partial charge in [0.25, 0.3) is 5.69 Å². The van der Waals surface area contributed by atoms with Crippen molar-refractivity contribution in [2.24, 2.45) is 5.10 Å². The number of nitro groups is 1. The third kappa shape index (κ3) is 4.88. The van der Waals surface area contributed by atoms with Crippen molar-refractivity contribution in [2.75, 3.05) is 17.7 Å². The molecule has 0 saturated carbocycles. The van der Waals surface area contributed by atoms with Crippen molar-refractivity contribution in [1.29, 1.82) is 0 Å². The van der Waals surface area contributed by atoms with Crippen LogP contribution in [0.25, 0.3) is 5.57 Å². The minimum Gasteiger partial charge on any atom is -0.366 e. The molecule has 1 heterocycles. The number of carbonyl (C=O) groups excluding carboxylic acids is 1. The number of benzene rings is 2. The standard InChI is InChI=1S/C22H24N4O3S/c1-15-12-22(2,3)25(4)20-10-5-16(11-19(15)20)13-23-24-21(27)14-30-18-8-6-17(7-9-18)26(28)29/h5-13H,14H2,1-4H3,(H,24,27)/b23-13+. The molecular weight excluding hydrogens is 400 g/mol. The van der Waals surface area contributed by atoms with E-state index in [-0.39, 0.29) is 22.9 Å². The number of fused-ring (bicyclic) bond motifs is 1. The minimum absolute atomic E-state index is 0.0262. The summed E-state index contributed by atoms with van der Waals surface area (Å²) >= 11 is 1.29. The number of thioether (sulfide) groups is 1. The molecule has 0 fully saturated rings. The molecule has 3 rings (SSSR count). The smallest absolute Gasteiger partial charge is 0.269 e. The lowest BCUT2D eigenvalue weighted by atomic mass is 9.89. The lowest BCUT2D eigenvalue weighted by Crippen LogP contribution is -2.42. The van der Waals surface area contributed by atoms with Crippen molar-refractivity contribution >= 4 is 40.8 Å². The average Bonchev–Trinajstić information content (AvgIpc) is 2.70. The van der Waals surface area contributed by atoms with Gasteiger partial charge in [-0.15, -0.1) is 11.8 Å². The van der Waals surface area contributed by atoms with Crippen LogP contribution in [0.2, 0.25) is 0 Å². The van der Waals surface area contributed by atoms with E-state index in [2.05, 4.69) is 61.5 Å². The zero-order valence-electron chi connectivity index (χ0n) is 17.4. The summed E-state index contributed by atoms with van der Waals surface area (Å²) in [6, 6.07) is 12.2. The van der Waals surface area contributed by atoms with Crippen molar-refractivity contribution in [3.63, 3.8) is 0 Å². The highest BCUT2D eigenvalue weighted by Gasteiger charge is 2.28. The number of nitrogens with zero attached hydrogens (tertiary/aromatic N) is 3. The van der Waals surface area contributed by atoms with Gasteiger partial charge in [0.15, 0.2) is 0 Å². The van der Waals surface area contributed by atoms with Gasteiger partial charge in [0.05, 0.1) is 22.4 Å². The topological polar surface area (TPSA) is 87.8 Å². The maximum Gasteiger partial charge on any atom is 0.269 e. The van der Waals surface area contributed by atoms with E-state index in [1.54, 1.807) is 18.3 Å². The molecule has 0 unspecified atom stereocenters. The molecule has 1 aliphatic rings. The molecule has 0 aliphatic carbocycles. The molecule has 30 heavy (non-hydrogen) atoms. The molecule has 1 N–H and O–H groups in total. The van der Waals surface area contributed by atoms with Crippen LogP contribution < -0.4 is 10.3 Å². The molecule has 0 atom stereocenters. The summed E-state index contributed by atoms with van der Waals surface area (Å²) in [4.78, 5) is 25.3. The predicted molar refractivity (Wildman–Crippen MR) is 122 cm³/mol. The van der Waals surface area contributed by atoms with Crippen molar-refractivity contribution in [3.8, 4) is 0 Å². The predicted octanol–water partition coefficient (Wildman–Crippen LogP) is 4.47. The van der Waals surface area contributed by atoms with Crippen LogP contribution in [0.3, 0.4) is 0 Å². The van der Waals surface area contributed by atoms with Gasteiger partial charge in [-0.2, -0.15) is 5.10 Å². The number of non-ortho nitro benzene ring substituents is 1. The second-order valence-electron chi connectivity index (χ2n) is 7.65. The maximum absolute atomic E-state index is 12.0. The molecule has 0 bridgehead atoms. The summed E-state index contributed by atoms with van der Waals surface area (Å²) in [6.07, 6.45) is 3.87. The van der Waals surface area contributed by atoms with Gasteiger partial charge in [-0.1, -0.05) is 12.1 Å². The zero-order chi connectivity index (χ0) is 21.9. The second kappa shape index (κ2) is 8.71. The Labute approximate surface area is 180 Å². The Hall–Kier alpha value is -3.13. The first-order valence-corrected chi connectivity index (χ1v) is 10.4. The lowest BCUT2D eigenvalue weighted by Gasteiger charge is -2.40. The fourth-order valence-corrected chi connectivity index (χ4v) is 3.97. The highest BCUT2D eigenvalue weighted by atomic mass is 32.2. The van der Waals surface area contributed by atoms with Crippen molar-refractivity contribution in [2.45, 2.75) is 31.2 Å². The molecule has 0 saturated heterocycles. The number of allylic oxidation sites excluding steroid dienone is 1. The first-order chi connectivity index (χ1) is 14.2. The molecule has 2 aromatic carbocycles. The summed E-state index contributed by atoms with van der Waals surface area (Å²) in [5.74, 6) is -0.0775. The number of likely N-dealkylation sites (N-methyl/N-ethyl adjacent to an activating group) is 1. The Morgan fingerprint density at radius 3 is 2.63 bits per heavy atom. The van der Waals surface area contributed by atoms with E-state index in [0.717, 1.165) is 16.0 Å². The highest BCUT2D eigenvalue weighted by Crippen LogP contribution is 2.37. The number of carbonyl (C=O) groups is 1. The maximum atomic E-state index is 12.0. The van der Waals surface area contributed by atoms with E-state index in [4.69, 9.17) is 0 Å². The number of amides is 1. The quantitative estimate of drug-likeness (QED) is 0.320. The van der Waals surface area contributed by atoms with Gasteiger partial charge in [-0.3, -0.25) is 14.9 Å². The van der Waals surface area contributed by atoms with Gasteiger partial charge in [-0.25, -0.2) is 5.43 Å². The Balaban J connectivity index is 1.57. The van der Waals surface area contributed by atoms with Crippen molar-refractivity contribution < 1.29 is 9.72 Å². The molecule has 156 valence electrons. The molecule has 0 aromatic heterocycles. The van der Waals surface area contributed by atoms with Gasteiger partial charge < -0.3 is 4.90 Å². The zero-order valence-corrected chi connectivity index (χ0v) is 18.2. The number of hydrazone groups is 1. The molecule has 7 nitrogen and oxygen atoms in total. The summed E-state index contributed by atoms with van der Waals surface area (Å²) in [6.45, 7) is 6.46. The number of rotatable bonds is 6. The lowest BCUT2D eigenvalue weighted by molar-refractivity contribution is -0.384. The van der Waals surface area contributed by atoms with Gasteiger partial charge in [-0.05, 0) is 56.2 Å². The van der Waals surface area contributed by atoms with Crippen LogP contribution in [0.4, 0.5) is 11.4 Å². The molecule has 8 heteroatoms. The van der Waals surface area contributed by atoms with Gasteiger partial charge >= 0.3 is 0 Å². The van der Waals surface area contributed by atoms with E-state index in [1.807, 2.05) is 6.07 Å². The van der Waals surface area contributed by atoms with Crippen LogP contribution >= 0.6 is 11.8 Å². The molecule has 2 aromatic rings. The fraction of sp³-hybridized carbons (Fsp3) is 0.273. The van der Waals surface area contributed by atoms with Gasteiger partial charge in [0.2, 0.25) is 5.91 Å². The van der Waals surface area contributed by atoms with Crippen LogP contribution in [-0.4, -0.2) is 35.4 Å². The molecule has 1 aliphatic heterocycles. The molecular formula is C22H24N4O3S. The van der Waals surface area contributed by atoms with Crippen LogP contribution in [0.1, 0.15) is 31.9 Å². The van der Waals surface area contributed by atoms with E-state index >= 15 is 0 Å². The SMILES string of the molecule is CC1=CC(C)(C)N(C)c2ccc(/C=N/NC(=O)CSc3ccc([N+](=O)[O-])cc3)cc21. The summed E-state index contributed by atoms with van der Waals surface area (Å²) in [5.41, 5.74) is 6.94. The Bertz CT molecular complexity index is 1030. The number of nitrogens with one attached hydrogen (secondary N) is 1. The van der Waals surface area contributed by atoms with Crippen molar-refractivity contribution in [1.82, 2.24) is 5.43 Å². The van der Waals surface area contributed by atoms with E-state index < -0.39 is 4.92 Å². The van der Waals surface area contributed by atoms with Crippen molar-refractivity contribution in [3.05, 3.63) is 69.8 Å². The monoisotopic (exact) mass is 424 g/mol. The number of anilines is 1. The normalized spacial score (nSPS) is 14.9. The number of hydrogen-bond donors (Lipinski definition) is 1. The molecule has 0 spiro atoms. The van der Waals surface area contributed by atoms with Crippen LogP contribution in [0.5, 0.6) is 0 Å². The summed E-state index contributed by atoms with van der Waals surface area (Å²) < 4.78 is 0. The second-order valence-corrected chi connectivity index (χ2v) is 8.70. The largest absolute Gasteiger partial charge is 0.366 e. The minimum atomic E-state index is -0.452. The first kappa shape index (κ1) is 21.6. The Kier molecular flexibility index (Phi) is 6.26.